The number of aromatic amines is 1. The van der Waals surface area contributed by atoms with Crippen molar-refractivity contribution in [3.8, 4) is 0 Å². The molecule has 18 heavy (non-hydrogen) atoms. The lowest BCUT2D eigenvalue weighted by atomic mass is 10.1. The summed E-state index contributed by atoms with van der Waals surface area (Å²) in [4.78, 5) is 25.4. The second kappa shape index (κ2) is 4.75. The fraction of sp³-hybridized carbons (Fsp3) is 0.0769. The van der Waals surface area contributed by atoms with Crippen molar-refractivity contribution in [1.82, 2.24) is 4.98 Å². The van der Waals surface area contributed by atoms with Gasteiger partial charge in [-0.3, -0.25) is 4.79 Å². The number of nitrogens with one attached hydrogen (secondary N) is 1. The highest BCUT2D eigenvalue weighted by molar-refractivity contribution is 6.05. The van der Waals surface area contributed by atoms with E-state index in [1.165, 1.54) is 13.2 Å². The Hall–Kier alpha value is -2.56. The average Bonchev–Trinajstić information content (AvgIpc) is 2.82. The lowest BCUT2D eigenvalue weighted by Crippen LogP contribution is -2.05. The van der Waals surface area contributed by atoms with Gasteiger partial charge in [0.2, 0.25) is 5.91 Å². The summed E-state index contributed by atoms with van der Waals surface area (Å²) in [6.45, 7) is 0. The topological polar surface area (TPSA) is 85.2 Å². The van der Waals surface area contributed by atoms with E-state index in [2.05, 4.69) is 4.98 Å². The van der Waals surface area contributed by atoms with E-state index in [0.717, 1.165) is 10.9 Å². The molecule has 0 aliphatic carbocycles. The summed E-state index contributed by atoms with van der Waals surface area (Å²) < 4.78 is 4.73. The summed E-state index contributed by atoms with van der Waals surface area (Å²) >= 11 is 0. The van der Waals surface area contributed by atoms with Crippen LogP contribution >= 0.6 is 0 Å². The smallest absolute Gasteiger partial charge is 0.338 e. The van der Waals surface area contributed by atoms with Crippen LogP contribution in [-0.4, -0.2) is 24.0 Å². The van der Waals surface area contributed by atoms with Crippen LogP contribution in [0, 0.1) is 0 Å². The number of hydrogen-bond acceptors (Lipinski definition) is 3. The van der Waals surface area contributed by atoms with E-state index in [1.54, 1.807) is 24.4 Å². The number of esters is 1. The number of rotatable bonds is 3. The first-order chi connectivity index (χ1) is 8.61. The molecule has 5 nitrogen and oxygen atoms in total. The van der Waals surface area contributed by atoms with E-state index in [4.69, 9.17) is 10.5 Å². The number of methoxy groups -OCH3 is 1. The van der Waals surface area contributed by atoms with Gasteiger partial charge in [0.05, 0.1) is 12.7 Å². The van der Waals surface area contributed by atoms with Gasteiger partial charge in [-0.25, -0.2) is 4.79 Å². The predicted octanol–water partition coefficient (Wildman–Crippen LogP) is 1.45. The molecule has 1 aromatic heterocycles. The molecule has 0 saturated carbocycles. The first-order valence-corrected chi connectivity index (χ1v) is 5.29. The molecule has 5 heteroatoms. The summed E-state index contributed by atoms with van der Waals surface area (Å²) in [5.74, 6) is -0.963. The van der Waals surface area contributed by atoms with Crippen molar-refractivity contribution in [1.29, 1.82) is 0 Å². The van der Waals surface area contributed by atoms with Gasteiger partial charge in [-0.2, -0.15) is 0 Å². The van der Waals surface area contributed by atoms with Gasteiger partial charge in [-0.05, 0) is 29.8 Å². The first kappa shape index (κ1) is 11.9. The van der Waals surface area contributed by atoms with Gasteiger partial charge < -0.3 is 15.5 Å². The van der Waals surface area contributed by atoms with Crippen LogP contribution in [0.3, 0.4) is 0 Å². The normalized spacial score (nSPS) is 10.9. The summed E-state index contributed by atoms with van der Waals surface area (Å²) in [5.41, 5.74) is 6.97. The molecular formula is C13H12N2O3. The van der Waals surface area contributed by atoms with E-state index in [1.807, 2.05) is 6.07 Å². The van der Waals surface area contributed by atoms with Crippen LogP contribution in [0.25, 0.3) is 17.0 Å². The molecule has 2 rings (SSSR count). The molecule has 0 atom stereocenters. The Balaban J connectivity index is 2.57. The zero-order valence-electron chi connectivity index (χ0n) is 9.77. The minimum Gasteiger partial charge on any atom is -0.465 e. The van der Waals surface area contributed by atoms with Crippen molar-refractivity contribution in [3.05, 3.63) is 41.6 Å². The van der Waals surface area contributed by atoms with Gasteiger partial charge in [0.25, 0.3) is 0 Å². The van der Waals surface area contributed by atoms with E-state index >= 15 is 0 Å². The molecule has 0 unspecified atom stereocenters. The van der Waals surface area contributed by atoms with Gasteiger partial charge in [-0.15, -0.1) is 0 Å². The van der Waals surface area contributed by atoms with Gasteiger partial charge in [0.1, 0.15) is 0 Å². The zero-order chi connectivity index (χ0) is 13.1. The monoisotopic (exact) mass is 244 g/mol. The average molecular weight is 244 g/mol. The number of primary amides is 1. The minimum atomic E-state index is -0.541. The van der Waals surface area contributed by atoms with Crippen LogP contribution in [0.4, 0.5) is 0 Å². The number of hydrogen-bond donors (Lipinski definition) is 2. The maximum Gasteiger partial charge on any atom is 0.338 e. The standard InChI is InChI=1S/C13H12N2O3/c1-18-13(17)10-6-8(2-3-12(14)16)7-11-9(10)4-5-15-11/h2-7,15H,1H3,(H2,14,16). The summed E-state index contributed by atoms with van der Waals surface area (Å²) in [6.07, 6.45) is 4.53. The second-order valence-electron chi connectivity index (χ2n) is 3.73. The number of benzene rings is 1. The SMILES string of the molecule is COC(=O)c1cc(C=CC(N)=O)cc2[nH]ccc12. The number of carbonyl (C=O) groups is 2. The van der Waals surface area contributed by atoms with Crippen LogP contribution < -0.4 is 5.73 Å². The highest BCUT2D eigenvalue weighted by Gasteiger charge is 2.12. The van der Waals surface area contributed by atoms with E-state index in [-0.39, 0.29) is 0 Å². The van der Waals surface area contributed by atoms with Crippen molar-refractivity contribution in [2.24, 2.45) is 5.73 Å². The Labute approximate surface area is 103 Å². The van der Waals surface area contributed by atoms with Crippen LogP contribution in [-0.2, 0) is 9.53 Å². The molecule has 0 aliphatic rings. The van der Waals surface area contributed by atoms with Crippen LogP contribution in [0.2, 0.25) is 0 Å². The largest absolute Gasteiger partial charge is 0.465 e. The predicted molar refractivity (Wildman–Crippen MR) is 67.9 cm³/mol. The summed E-state index contributed by atoms with van der Waals surface area (Å²) in [5, 5.41) is 0.776. The Morgan fingerprint density at radius 3 is 2.83 bits per heavy atom. The highest BCUT2D eigenvalue weighted by Crippen LogP contribution is 2.21. The van der Waals surface area contributed by atoms with Crippen LogP contribution in [0.5, 0.6) is 0 Å². The highest BCUT2D eigenvalue weighted by atomic mass is 16.5. The lowest BCUT2D eigenvalue weighted by Gasteiger charge is -2.03. The number of amides is 1. The molecule has 3 N–H and O–H groups in total. The third-order valence-electron chi connectivity index (χ3n) is 2.54. The second-order valence-corrected chi connectivity index (χ2v) is 3.73. The Morgan fingerprint density at radius 2 is 2.17 bits per heavy atom. The molecule has 0 saturated heterocycles. The van der Waals surface area contributed by atoms with Gasteiger partial charge in [0, 0.05) is 23.2 Å². The zero-order valence-corrected chi connectivity index (χ0v) is 9.77. The van der Waals surface area contributed by atoms with Crippen molar-refractivity contribution in [2.45, 2.75) is 0 Å². The van der Waals surface area contributed by atoms with Gasteiger partial charge in [-0.1, -0.05) is 0 Å². The van der Waals surface area contributed by atoms with Crippen molar-refractivity contribution >= 4 is 28.9 Å². The number of carbonyl (C=O) groups excluding carboxylic acids is 2. The Morgan fingerprint density at radius 1 is 1.39 bits per heavy atom. The lowest BCUT2D eigenvalue weighted by molar-refractivity contribution is -0.113. The van der Waals surface area contributed by atoms with Gasteiger partial charge >= 0.3 is 5.97 Å². The van der Waals surface area contributed by atoms with Crippen molar-refractivity contribution < 1.29 is 14.3 Å². The Kier molecular flexibility index (Phi) is 3.14. The molecule has 0 bridgehead atoms. The molecule has 0 radical (unpaired) electrons. The molecule has 0 spiro atoms. The fourth-order valence-corrected chi connectivity index (χ4v) is 1.74. The molecule has 92 valence electrons. The number of nitrogens with two attached hydrogens (primary N) is 1. The van der Waals surface area contributed by atoms with Crippen LogP contribution in [0.15, 0.2) is 30.5 Å². The number of H-pyrrole nitrogens is 1. The molecular weight excluding hydrogens is 232 g/mol. The van der Waals surface area contributed by atoms with Crippen LogP contribution in [0.1, 0.15) is 15.9 Å². The number of fused-ring (bicyclic) bond motifs is 1. The van der Waals surface area contributed by atoms with E-state index < -0.39 is 11.9 Å². The third-order valence-corrected chi connectivity index (χ3v) is 2.54. The van der Waals surface area contributed by atoms with E-state index in [9.17, 15) is 9.59 Å². The summed E-state index contributed by atoms with van der Waals surface area (Å²) in [7, 11) is 1.33. The fourth-order valence-electron chi connectivity index (χ4n) is 1.74. The molecule has 1 aromatic carbocycles. The summed E-state index contributed by atoms with van der Waals surface area (Å²) in [6, 6.07) is 5.27. The van der Waals surface area contributed by atoms with Crippen molar-refractivity contribution in [2.75, 3.05) is 7.11 Å². The number of aromatic nitrogens is 1. The number of ether oxygens (including phenoxy) is 1. The van der Waals surface area contributed by atoms with Crippen molar-refractivity contribution in [3.63, 3.8) is 0 Å². The molecule has 2 aromatic rings. The minimum absolute atomic E-state index is 0.422. The Bertz CT molecular complexity index is 641. The maximum atomic E-state index is 11.7. The molecule has 1 amide bonds. The van der Waals surface area contributed by atoms with E-state index in [0.29, 0.717) is 11.1 Å². The molecule has 0 aliphatic heterocycles. The quantitative estimate of drug-likeness (QED) is 0.633. The van der Waals surface area contributed by atoms with Gasteiger partial charge in [0.15, 0.2) is 0 Å². The first-order valence-electron chi connectivity index (χ1n) is 5.29. The molecule has 0 fully saturated rings. The maximum absolute atomic E-state index is 11.7. The third kappa shape index (κ3) is 2.24. The molecule has 1 heterocycles.